The van der Waals surface area contributed by atoms with Crippen molar-refractivity contribution in [1.29, 1.82) is 0 Å². The topological polar surface area (TPSA) is 57.7 Å². The molecule has 0 radical (unpaired) electrons. The van der Waals surface area contributed by atoms with Crippen LogP contribution in [0.3, 0.4) is 0 Å². The lowest BCUT2D eigenvalue weighted by Gasteiger charge is -2.35. The van der Waals surface area contributed by atoms with Crippen LogP contribution in [0.2, 0.25) is 5.02 Å². The lowest BCUT2D eigenvalue weighted by Crippen LogP contribution is -2.50. The molecule has 1 atom stereocenters. The van der Waals surface area contributed by atoms with Crippen LogP contribution in [0.1, 0.15) is 18.9 Å². The molecule has 1 heterocycles. The van der Waals surface area contributed by atoms with Crippen molar-refractivity contribution >= 4 is 38.9 Å². The highest BCUT2D eigenvalue weighted by molar-refractivity contribution is 7.92. The van der Waals surface area contributed by atoms with Gasteiger partial charge in [0.15, 0.2) is 0 Å². The fourth-order valence-corrected chi connectivity index (χ4v) is 4.67. The summed E-state index contributed by atoms with van der Waals surface area (Å²) in [7, 11) is -3.65. The Hall–Kier alpha value is -2.05. The summed E-state index contributed by atoms with van der Waals surface area (Å²) in [6.45, 7) is 2.20. The summed E-state index contributed by atoms with van der Waals surface area (Å²) >= 11 is 5.91. The van der Waals surface area contributed by atoms with Gasteiger partial charge in [0.25, 0.3) is 5.91 Å². The van der Waals surface area contributed by atoms with Gasteiger partial charge in [0, 0.05) is 17.3 Å². The van der Waals surface area contributed by atoms with Gasteiger partial charge in [0.05, 0.1) is 11.9 Å². The van der Waals surface area contributed by atoms with Crippen molar-refractivity contribution in [3.8, 4) is 0 Å². The molecule has 0 fully saturated rings. The van der Waals surface area contributed by atoms with E-state index in [-0.39, 0.29) is 5.91 Å². The minimum atomic E-state index is -3.65. The first kappa shape index (κ1) is 18.7. The summed E-state index contributed by atoms with van der Waals surface area (Å²) in [4.78, 5) is 14.9. The van der Waals surface area contributed by atoms with Crippen LogP contribution in [0.4, 0.5) is 11.4 Å². The number of sulfonamides is 1. The Bertz CT molecular complexity index is 913. The molecule has 0 aromatic heterocycles. The summed E-state index contributed by atoms with van der Waals surface area (Å²) in [5.74, 6) is -0.238. The zero-order valence-electron chi connectivity index (χ0n) is 14.7. The van der Waals surface area contributed by atoms with E-state index >= 15 is 0 Å². The molecule has 1 amide bonds. The lowest BCUT2D eigenvalue weighted by molar-refractivity contribution is -0.119. The average molecular weight is 393 g/mol. The molecule has 0 aliphatic carbocycles. The molecule has 7 heteroatoms. The number of carbonyl (C=O) groups is 1. The van der Waals surface area contributed by atoms with Gasteiger partial charge in [-0.1, -0.05) is 29.8 Å². The number of hydrogen-bond acceptors (Lipinski definition) is 3. The first-order valence-corrected chi connectivity index (χ1v) is 10.7. The predicted molar refractivity (Wildman–Crippen MR) is 105 cm³/mol. The van der Waals surface area contributed by atoms with E-state index in [4.69, 9.17) is 11.6 Å². The Kier molecular flexibility index (Phi) is 5.25. The van der Waals surface area contributed by atoms with Gasteiger partial charge in [-0.05, 0) is 55.7 Å². The fourth-order valence-electron chi connectivity index (χ4n) is 3.38. The largest absolute Gasteiger partial charge is 0.310 e. The van der Waals surface area contributed by atoms with E-state index in [0.717, 1.165) is 34.7 Å². The Balaban J connectivity index is 1.96. The summed E-state index contributed by atoms with van der Waals surface area (Å²) in [6, 6.07) is 13.3. The van der Waals surface area contributed by atoms with Crippen molar-refractivity contribution in [2.45, 2.75) is 25.8 Å². The third-order valence-electron chi connectivity index (χ3n) is 4.52. The minimum absolute atomic E-state index is 0.238. The van der Waals surface area contributed by atoms with E-state index in [9.17, 15) is 13.2 Å². The monoisotopic (exact) mass is 392 g/mol. The fraction of sp³-hybridized carbons (Fsp3) is 0.316. The van der Waals surface area contributed by atoms with Crippen molar-refractivity contribution in [2.24, 2.45) is 0 Å². The van der Waals surface area contributed by atoms with Gasteiger partial charge in [0.1, 0.15) is 6.04 Å². The van der Waals surface area contributed by atoms with Gasteiger partial charge in [-0.2, -0.15) is 0 Å². The highest BCUT2D eigenvalue weighted by Gasteiger charge is 2.34. The number of rotatable bonds is 4. The molecule has 5 nitrogen and oxygen atoms in total. The summed E-state index contributed by atoms with van der Waals surface area (Å²) in [5, 5.41) is 0.506. The number of carbonyl (C=O) groups excluding carboxylic acids is 1. The van der Waals surface area contributed by atoms with Gasteiger partial charge >= 0.3 is 0 Å². The second kappa shape index (κ2) is 7.29. The van der Waals surface area contributed by atoms with Crippen LogP contribution in [0.5, 0.6) is 0 Å². The van der Waals surface area contributed by atoms with E-state index in [2.05, 4.69) is 0 Å². The Morgan fingerprint density at radius 2 is 1.81 bits per heavy atom. The SMILES string of the molecule is C[C@@H](C(=O)N1CCCc2ccccc21)N(c1ccc(Cl)cc1)S(C)(=O)=O. The molecule has 3 rings (SSSR count). The van der Waals surface area contributed by atoms with Crippen molar-refractivity contribution < 1.29 is 13.2 Å². The highest BCUT2D eigenvalue weighted by Crippen LogP contribution is 2.29. The number of anilines is 2. The lowest BCUT2D eigenvalue weighted by atomic mass is 10.0. The highest BCUT2D eigenvalue weighted by atomic mass is 35.5. The molecular formula is C19H21ClN2O3S. The zero-order valence-corrected chi connectivity index (χ0v) is 16.3. The molecule has 0 N–H and O–H groups in total. The average Bonchev–Trinajstić information content (AvgIpc) is 2.61. The maximum absolute atomic E-state index is 13.2. The molecule has 26 heavy (non-hydrogen) atoms. The van der Waals surface area contributed by atoms with Gasteiger partial charge in [-0.15, -0.1) is 0 Å². The number of aryl methyl sites for hydroxylation is 1. The van der Waals surface area contributed by atoms with Gasteiger partial charge in [-0.25, -0.2) is 8.42 Å². The number of para-hydroxylation sites is 1. The first-order chi connectivity index (χ1) is 12.3. The van der Waals surface area contributed by atoms with Crippen molar-refractivity contribution in [3.05, 3.63) is 59.1 Å². The Morgan fingerprint density at radius 1 is 1.15 bits per heavy atom. The molecule has 0 saturated carbocycles. The third kappa shape index (κ3) is 3.71. The standard InChI is InChI=1S/C19H21ClN2O3S/c1-14(22(26(2,24)25)17-11-9-16(20)10-12-17)19(23)21-13-5-7-15-6-3-4-8-18(15)21/h3-4,6,8-12,14H,5,7,13H2,1-2H3/t14-/m0/s1. The first-order valence-electron chi connectivity index (χ1n) is 8.43. The third-order valence-corrected chi connectivity index (χ3v) is 6.02. The second-order valence-electron chi connectivity index (χ2n) is 6.43. The number of halogens is 1. The van der Waals surface area contributed by atoms with Crippen LogP contribution in [0, 0.1) is 0 Å². The van der Waals surface area contributed by atoms with E-state index in [1.807, 2.05) is 24.3 Å². The van der Waals surface area contributed by atoms with E-state index in [0.29, 0.717) is 17.3 Å². The summed E-state index contributed by atoms with van der Waals surface area (Å²) < 4.78 is 26.0. The van der Waals surface area contributed by atoms with Crippen LogP contribution in [-0.4, -0.2) is 33.2 Å². The number of amides is 1. The maximum Gasteiger partial charge on any atom is 0.250 e. The molecule has 0 unspecified atom stereocenters. The van der Waals surface area contributed by atoms with Gasteiger partial charge < -0.3 is 4.90 Å². The summed E-state index contributed by atoms with van der Waals surface area (Å²) in [6.07, 6.45) is 2.88. The molecule has 0 spiro atoms. The molecule has 0 saturated heterocycles. The van der Waals surface area contributed by atoms with Crippen molar-refractivity contribution in [2.75, 3.05) is 22.0 Å². The van der Waals surface area contributed by atoms with Crippen LogP contribution < -0.4 is 9.21 Å². The van der Waals surface area contributed by atoms with E-state index < -0.39 is 16.1 Å². The molecule has 138 valence electrons. The van der Waals surface area contributed by atoms with Gasteiger partial charge in [-0.3, -0.25) is 9.10 Å². The molecule has 2 aromatic carbocycles. The smallest absolute Gasteiger partial charge is 0.250 e. The van der Waals surface area contributed by atoms with Crippen LogP contribution in [0.15, 0.2) is 48.5 Å². The quantitative estimate of drug-likeness (QED) is 0.800. The number of fused-ring (bicyclic) bond motifs is 1. The number of benzene rings is 2. The van der Waals surface area contributed by atoms with Crippen LogP contribution in [0.25, 0.3) is 0 Å². The zero-order chi connectivity index (χ0) is 18.9. The van der Waals surface area contributed by atoms with Crippen molar-refractivity contribution in [1.82, 2.24) is 0 Å². The number of hydrogen-bond donors (Lipinski definition) is 0. The number of nitrogens with zero attached hydrogens (tertiary/aromatic N) is 2. The molecule has 0 bridgehead atoms. The molecule has 2 aromatic rings. The molecule has 1 aliphatic rings. The van der Waals surface area contributed by atoms with Crippen molar-refractivity contribution in [3.63, 3.8) is 0 Å². The van der Waals surface area contributed by atoms with Crippen LogP contribution in [-0.2, 0) is 21.2 Å². The Labute approximate surface area is 159 Å². The Morgan fingerprint density at radius 3 is 2.46 bits per heavy atom. The normalized spacial score (nSPS) is 15.3. The molecular weight excluding hydrogens is 372 g/mol. The van der Waals surface area contributed by atoms with Gasteiger partial charge in [0.2, 0.25) is 10.0 Å². The van der Waals surface area contributed by atoms with E-state index in [1.165, 1.54) is 0 Å². The maximum atomic E-state index is 13.2. The molecule has 1 aliphatic heterocycles. The van der Waals surface area contributed by atoms with Crippen LogP contribution >= 0.6 is 11.6 Å². The predicted octanol–water partition coefficient (Wildman–Crippen LogP) is 3.47. The second-order valence-corrected chi connectivity index (χ2v) is 8.73. The summed E-state index contributed by atoms with van der Waals surface area (Å²) in [5.41, 5.74) is 2.39. The minimum Gasteiger partial charge on any atom is -0.310 e. The van der Waals surface area contributed by atoms with E-state index in [1.54, 1.807) is 36.1 Å².